The number of nitrogens with zero attached hydrogens (tertiary/aromatic N) is 3. The van der Waals surface area contributed by atoms with E-state index in [1.165, 1.54) is 29.0 Å². The number of H-pyrrole nitrogens is 1. The predicted octanol–water partition coefficient (Wildman–Crippen LogP) is 1.20. The van der Waals surface area contributed by atoms with Crippen molar-refractivity contribution in [3.63, 3.8) is 0 Å². The molecule has 0 unspecified atom stereocenters. The molecule has 7 nitrogen and oxygen atoms in total. The van der Waals surface area contributed by atoms with Crippen molar-refractivity contribution in [1.82, 2.24) is 19.2 Å². The summed E-state index contributed by atoms with van der Waals surface area (Å²) in [6, 6.07) is 2.37. The highest BCUT2D eigenvalue weighted by molar-refractivity contribution is 7.88. The Kier molecular flexibility index (Phi) is 4.31. The first-order chi connectivity index (χ1) is 11.3. The third-order valence-electron chi connectivity index (χ3n) is 4.51. The smallest absolute Gasteiger partial charge is 0.256 e. The number of imidazole rings is 1. The van der Waals surface area contributed by atoms with Crippen molar-refractivity contribution in [2.45, 2.75) is 18.9 Å². The minimum atomic E-state index is -3.25. The molecule has 0 radical (unpaired) electrons. The van der Waals surface area contributed by atoms with E-state index in [0.29, 0.717) is 37.0 Å². The van der Waals surface area contributed by atoms with Crippen LogP contribution in [-0.2, 0) is 10.0 Å². The second-order valence-electron chi connectivity index (χ2n) is 6.05. The third kappa shape index (κ3) is 3.13. The molecule has 1 N–H and O–H groups in total. The lowest BCUT2D eigenvalue weighted by Gasteiger charge is -2.35. The van der Waals surface area contributed by atoms with Gasteiger partial charge in [-0.2, -0.15) is 0 Å². The summed E-state index contributed by atoms with van der Waals surface area (Å²) in [6.07, 6.45) is 3.70. The molecule has 1 aliphatic heterocycles. The average molecular weight is 354 g/mol. The van der Waals surface area contributed by atoms with Gasteiger partial charge in [0, 0.05) is 26.2 Å². The first-order valence-electron chi connectivity index (χ1n) is 7.62. The zero-order chi connectivity index (χ0) is 17.5. The number of halogens is 1. The van der Waals surface area contributed by atoms with Gasteiger partial charge in [0.25, 0.3) is 5.91 Å². The lowest BCUT2D eigenvalue weighted by Crippen LogP contribution is -2.47. The summed E-state index contributed by atoms with van der Waals surface area (Å²) in [6.45, 7) is 0.845. The van der Waals surface area contributed by atoms with Crippen LogP contribution in [0, 0.1) is 5.82 Å². The number of fused-ring (bicyclic) bond motifs is 1. The standard InChI is InChI=1S/C15H19FN4O3S/c1-19(24(2,22)23)11-3-5-20(6-4-11)15(21)12-7-10(16)8-13-14(12)18-9-17-13/h7-9,11H,3-6H2,1-2H3,(H,17,18). The third-order valence-corrected chi connectivity index (χ3v) is 5.85. The molecule has 1 saturated heterocycles. The van der Waals surface area contributed by atoms with Crippen molar-refractivity contribution < 1.29 is 17.6 Å². The molecule has 1 aromatic heterocycles. The number of rotatable bonds is 3. The first kappa shape index (κ1) is 16.8. The normalized spacial score (nSPS) is 16.9. The van der Waals surface area contributed by atoms with Gasteiger partial charge in [-0.3, -0.25) is 4.79 Å². The molecule has 0 saturated carbocycles. The van der Waals surface area contributed by atoms with E-state index < -0.39 is 15.8 Å². The van der Waals surface area contributed by atoms with E-state index in [-0.39, 0.29) is 17.5 Å². The fourth-order valence-corrected chi connectivity index (χ4v) is 3.80. The molecule has 24 heavy (non-hydrogen) atoms. The number of piperidine rings is 1. The van der Waals surface area contributed by atoms with Crippen LogP contribution in [0.1, 0.15) is 23.2 Å². The van der Waals surface area contributed by atoms with Crippen LogP contribution in [0.5, 0.6) is 0 Å². The van der Waals surface area contributed by atoms with Gasteiger partial charge in [0.2, 0.25) is 10.0 Å². The molecular weight excluding hydrogens is 335 g/mol. The molecule has 1 aliphatic rings. The van der Waals surface area contributed by atoms with Crippen LogP contribution < -0.4 is 0 Å². The fraction of sp³-hybridized carbons (Fsp3) is 0.467. The van der Waals surface area contributed by atoms with Crippen LogP contribution in [0.25, 0.3) is 11.0 Å². The number of likely N-dealkylation sites (tertiary alicyclic amines) is 1. The molecular formula is C15H19FN4O3S. The van der Waals surface area contributed by atoms with E-state index in [4.69, 9.17) is 0 Å². The number of carbonyl (C=O) groups is 1. The van der Waals surface area contributed by atoms with Crippen molar-refractivity contribution in [3.8, 4) is 0 Å². The zero-order valence-electron chi connectivity index (χ0n) is 13.5. The number of sulfonamides is 1. The van der Waals surface area contributed by atoms with Gasteiger partial charge in [-0.15, -0.1) is 0 Å². The molecule has 0 spiro atoms. The quantitative estimate of drug-likeness (QED) is 0.897. The van der Waals surface area contributed by atoms with E-state index in [1.807, 2.05) is 0 Å². The maximum absolute atomic E-state index is 13.7. The number of benzene rings is 1. The monoisotopic (exact) mass is 354 g/mol. The Morgan fingerprint density at radius 3 is 2.67 bits per heavy atom. The van der Waals surface area contributed by atoms with E-state index in [1.54, 1.807) is 11.9 Å². The first-order valence-corrected chi connectivity index (χ1v) is 9.47. The van der Waals surface area contributed by atoms with E-state index >= 15 is 0 Å². The minimum absolute atomic E-state index is 0.123. The number of aromatic nitrogens is 2. The lowest BCUT2D eigenvalue weighted by atomic mass is 10.0. The molecule has 0 atom stereocenters. The molecule has 9 heteroatoms. The number of aromatic amines is 1. The molecule has 1 fully saturated rings. The summed E-state index contributed by atoms with van der Waals surface area (Å²) < 4.78 is 38.3. The number of nitrogens with one attached hydrogen (secondary N) is 1. The van der Waals surface area contributed by atoms with Crippen LogP contribution >= 0.6 is 0 Å². The van der Waals surface area contributed by atoms with Gasteiger partial charge in [-0.25, -0.2) is 22.1 Å². The highest BCUT2D eigenvalue weighted by Gasteiger charge is 2.30. The second-order valence-corrected chi connectivity index (χ2v) is 8.10. The molecule has 2 heterocycles. The largest absolute Gasteiger partial charge is 0.344 e. The van der Waals surface area contributed by atoms with Gasteiger partial charge < -0.3 is 9.88 Å². The molecule has 3 rings (SSSR count). The van der Waals surface area contributed by atoms with Gasteiger partial charge >= 0.3 is 0 Å². The summed E-state index contributed by atoms with van der Waals surface area (Å²) in [7, 11) is -1.70. The zero-order valence-corrected chi connectivity index (χ0v) is 14.3. The Balaban J connectivity index is 1.77. The highest BCUT2D eigenvalue weighted by atomic mass is 32.2. The van der Waals surface area contributed by atoms with Crippen LogP contribution in [0.15, 0.2) is 18.5 Å². The Hall–Kier alpha value is -2.00. The van der Waals surface area contributed by atoms with Gasteiger partial charge in [0.1, 0.15) is 11.3 Å². The fourth-order valence-electron chi connectivity index (χ4n) is 3.05. The Morgan fingerprint density at radius 1 is 1.38 bits per heavy atom. The summed E-state index contributed by atoms with van der Waals surface area (Å²) in [4.78, 5) is 21.2. The molecule has 1 amide bonds. The molecule has 1 aromatic carbocycles. The van der Waals surface area contributed by atoms with Crippen molar-refractivity contribution in [2.75, 3.05) is 26.4 Å². The van der Waals surface area contributed by atoms with Gasteiger partial charge in [0.05, 0.1) is 23.7 Å². The number of amides is 1. The van der Waals surface area contributed by atoms with Gasteiger partial charge in [-0.05, 0) is 25.0 Å². The minimum Gasteiger partial charge on any atom is -0.344 e. The van der Waals surface area contributed by atoms with E-state index in [2.05, 4.69) is 9.97 Å². The molecule has 0 aliphatic carbocycles. The Labute approximate surface area is 139 Å². The summed E-state index contributed by atoms with van der Waals surface area (Å²) in [5.74, 6) is -0.783. The maximum atomic E-state index is 13.7. The summed E-state index contributed by atoms with van der Waals surface area (Å²) in [5, 5.41) is 0. The van der Waals surface area contributed by atoms with Crippen molar-refractivity contribution in [1.29, 1.82) is 0 Å². The number of hydrogen-bond donors (Lipinski definition) is 1. The van der Waals surface area contributed by atoms with Crippen molar-refractivity contribution in [3.05, 3.63) is 29.8 Å². The Morgan fingerprint density at radius 2 is 2.04 bits per heavy atom. The SMILES string of the molecule is CN(C1CCN(C(=O)c2cc(F)cc3[nH]cnc23)CC1)S(C)(=O)=O. The van der Waals surface area contributed by atoms with Gasteiger partial charge in [-0.1, -0.05) is 0 Å². The topological polar surface area (TPSA) is 86.4 Å². The maximum Gasteiger partial charge on any atom is 0.256 e. The lowest BCUT2D eigenvalue weighted by molar-refractivity contribution is 0.0687. The number of carbonyl (C=O) groups excluding carboxylic acids is 1. The molecule has 130 valence electrons. The van der Waals surface area contributed by atoms with Crippen molar-refractivity contribution >= 4 is 27.0 Å². The average Bonchev–Trinajstić information content (AvgIpc) is 3.00. The van der Waals surface area contributed by atoms with E-state index in [9.17, 15) is 17.6 Å². The predicted molar refractivity (Wildman–Crippen MR) is 87.6 cm³/mol. The van der Waals surface area contributed by atoms with Gasteiger partial charge in [0.15, 0.2) is 0 Å². The summed E-state index contributed by atoms with van der Waals surface area (Å²) in [5.41, 5.74) is 1.14. The second kappa shape index (κ2) is 6.14. The van der Waals surface area contributed by atoms with Crippen LogP contribution in [0.4, 0.5) is 4.39 Å². The highest BCUT2D eigenvalue weighted by Crippen LogP contribution is 2.23. The Bertz CT molecular complexity index is 872. The van der Waals surface area contributed by atoms with Crippen LogP contribution in [0.2, 0.25) is 0 Å². The van der Waals surface area contributed by atoms with Crippen LogP contribution in [0.3, 0.4) is 0 Å². The number of hydrogen-bond acceptors (Lipinski definition) is 4. The van der Waals surface area contributed by atoms with Crippen LogP contribution in [-0.4, -0.2) is 65.9 Å². The molecule has 2 aromatic rings. The van der Waals surface area contributed by atoms with E-state index in [0.717, 1.165) is 0 Å². The summed E-state index contributed by atoms with van der Waals surface area (Å²) >= 11 is 0. The molecule has 0 bridgehead atoms. The van der Waals surface area contributed by atoms with Crippen molar-refractivity contribution in [2.24, 2.45) is 0 Å².